The van der Waals surface area contributed by atoms with Gasteiger partial charge in [0.1, 0.15) is 5.60 Å². The van der Waals surface area contributed by atoms with Crippen molar-refractivity contribution in [1.29, 1.82) is 0 Å². The molecular weight excluding hydrogens is 292 g/mol. The molecule has 132 valence electrons. The standard InChI is InChI=1S/C15H26N4O2.C2H6/c1-13-5-6-19(16-13)12-9-17-7-10-18(11-8-17)14(20)21-15(2,3)4;1-2/h5-6H,7-12H2,1-4H3;1-2H3. The largest absolute Gasteiger partial charge is 0.444 e. The van der Waals surface area contributed by atoms with Crippen LogP contribution in [0, 0.1) is 6.92 Å². The maximum atomic E-state index is 12.0. The van der Waals surface area contributed by atoms with Gasteiger partial charge in [-0.1, -0.05) is 13.8 Å². The van der Waals surface area contributed by atoms with Crippen molar-refractivity contribution >= 4 is 6.09 Å². The van der Waals surface area contributed by atoms with E-state index in [1.165, 1.54) is 0 Å². The molecule has 0 aromatic carbocycles. The van der Waals surface area contributed by atoms with Crippen LogP contribution in [-0.2, 0) is 11.3 Å². The molecule has 0 aliphatic carbocycles. The Hall–Kier alpha value is -1.56. The van der Waals surface area contributed by atoms with Crippen LogP contribution in [0.3, 0.4) is 0 Å². The van der Waals surface area contributed by atoms with Crippen LogP contribution in [0.4, 0.5) is 4.79 Å². The first-order valence-electron chi connectivity index (χ1n) is 8.54. The zero-order valence-corrected chi connectivity index (χ0v) is 15.5. The molecule has 0 saturated carbocycles. The van der Waals surface area contributed by atoms with Crippen molar-refractivity contribution in [2.75, 3.05) is 32.7 Å². The number of aromatic nitrogens is 2. The molecule has 0 N–H and O–H groups in total. The Balaban J connectivity index is 0.00000127. The van der Waals surface area contributed by atoms with Crippen molar-refractivity contribution < 1.29 is 9.53 Å². The molecule has 0 radical (unpaired) electrons. The van der Waals surface area contributed by atoms with Gasteiger partial charge < -0.3 is 9.64 Å². The van der Waals surface area contributed by atoms with Crippen molar-refractivity contribution in [3.63, 3.8) is 0 Å². The molecule has 1 fully saturated rings. The normalized spacial score (nSPS) is 15.8. The van der Waals surface area contributed by atoms with E-state index in [0.29, 0.717) is 0 Å². The number of carbonyl (C=O) groups is 1. The Bertz CT molecular complexity index is 471. The summed E-state index contributed by atoms with van der Waals surface area (Å²) in [6, 6.07) is 2.01. The number of hydrogen-bond acceptors (Lipinski definition) is 4. The number of nitrogens with zero attached hydrogens (tertiary/aromatic N) is 4. The highest BCUT2D eigenvalue weighted by Gasteiger charge is 2.25. The number of ether oxygens (including phenoxy) is 1. The molecule has 1 aromatic rings. The van der Waals surface area contributed by atoms with Gasteiger partial charge in [0.15, 0.2) is 0 Å². The summed E-state index contributed by atoms with van der Waals surface area (Å²) in [6.07, 6.45) is 1.80. The molecule has 0 bridgehead atoms. The molecule has 1 aromatic heterocycles. The summed E-state index contributed by atoms with van der Waals surface area (Å²) in [5, 5.41) is 4.38. The molecule has 23 heavy (non-hydrogen) atoms. The third kappa shape index (κ3) is 7.03. The highest BCUT2D eigenvalue weighted by Crippen LogP contribution is 2.11. The van der Waals surface area contributed by atoms with Crippen molar-refractivity contribution in [3.05, 3.63) is 18.0 Å². The average molecular weight is 324 g/mol. The van der Waals surface area contributed by atoms with Crippen LogP contribution in [0.25, 0.3) is 0 Å². The fraction of sp³-hybridized carbons (Fsp3) is 0.765. The zero-order chi connectivity index (χ0) is 17.5. The van der Waals surface area contributed by atoms with Gasteiger partial charge in [-0.05, 0) is 33.8 Å². The summed E-state index contributed by atoms with van der Waals surface area (Å²) >= 11 is 0. The lowest BCUT2D eigenvalue weighted by molar-refractivity contribution is 0.0142. The van der Waals surface area contributed by atoms with Crippen LogP contribution < -0.4 is 0 Å². The van der Waals surface area contributed by atoms with E-state index in [2.05, 4.69) is 10.00 Å². The second-order valence-corrected chi connectivity index (χ2v) is 6.53. The topological polar surface area (TPSA) is 50.6 Å². The molecule has 1 aliphatic rings. The quantitative estimate of drug-likeness (QED) is 0.858. The Morgan fingerprint density at radius 3 is 2.26 bits per heavy atom. The number of aryl methyl sites for hydroxylation is 1. The number of rotatable bonds is 3. The van der Waals surface area contributed by atoms with E-state index < -0.39 is 5.60 Å². The highest BCUT2D eigenvalue weighted by molar-refractivity contribution is 5.68. The van der Waals surface area contributed by atoms with Crippen molar-refractivity contribution in [2.45, 2.75) is 53.7 Å². The van der Waals surface area contributed by atoms with Crippen LogP contribution in [0.15, 0.2) is 12.3 Å². The summed E-state index contributed by atoms with van der Waals surface area (Å²) in [4.78, 5) is 16.1. The number of piperazine rings is 1. The van der Waals surface area contributed by atoms with E-state index in [1.54, 1.807) is 4.90 Å². The summed E-state index contributed by atoms with van der Waals surface area (Å²) in [6.45, 7) is 16.8. The lowest BCUT2D eigenvalue weighted by atomic mass is 10.2. The van der Waals surface area contributed by atoms with Gasteiger partial charge in [-0.25, -0.2) is 4.79 Å². The summed E-state index contributed by atoms with van der Waals surface area (Å²) in [7, 11) is 0. The molecule has 2 heterocycles. The SMILES string of the molecule is CC.Cc1ccn(CCN2CCN(C(=O)OC(C)(C)C)CC2)n1. The molecule has 1 aliphatic heterocycles. The van der Waals surface area contributed by atoms with E-state index in [1.807, 2.05) is 58.5 Å². The predicted octanol–water partition coefficient (Wildman–Crippen LogP) is 2.77. The van der Waals surface area contributed by atoms with E-state index >= 15 is 0 Å². The number of hydrogen-bond donors (Lipinski definition) is 0. The van der Waals surface area contributed by atoms with Gasteiger partial charge in [0.05, 0.1) is 12.2 Å². The van der Waals surface area contributed by atoms with Gasteiger partial charge in [-0.2, -0.15) is 5.10 Å². The molecule has 0 atom stereocenters. The van der Waals surface area contributed by atoms with E-state index in [-0.39, 0.29) is 6.09 Å². The highest BCUT2D eigenvalue weighted by atomic mass is 16.6. The van der Waals surface area contributed by atoms with Gasteiger partial charge in [-0.3, -0.25) is 9.58 Å². The molecule has 1 saturated heterocycles. The summed E-state index contributed by atoms with van der Waals surface area (Å²) < 4.78 is 7.37. The average Bonchev–Trinajstić information content (AvgIpc) is 2.92. The minimum absolute atomic E-state index is 0.204. The first kappa shape index (κ1) is 19.5. The van der Waals surface area contributed by atoms with Crippen LogP contribution >= 0.6 is 0 Å². The van der Waals surface area contributed by atoms with Gasteiger partial charge in [-0.15, -0.1) is 0 Å². The van der Waals surface area contributed by atoms with Gasteiger partial charge >= 0.3 is 6.09 Å². The fourth-order valence-electron chi connectivity index (χ4n) is 2.31. The van der Waals surface area contributed by atoms with Crippen LogP contribution in [0.5, 0.6) is 0 Å². The summed E-state index contributed by atoms with van der Waals surface area (Å²) in [5.74, 6) is 0. The van der Waals surface area contributed by atoms with Crippen LogP contribution in [0.1, 0.15) is 40.3 Å². The molecule has 2 rings (SSSR count). The number of amides is 1. The Morgan fingerprint density at radius 2 is 1.78 bits per heavy atom. The Morgan fingerprint density at radius 1 is 1.17 bits per heavy atom. The maximum absolute atomic E-state index is 12.0. The maximum Gasteiger partial charge on any atom is 0.410 e. The van der Waals surface area contributed by atoms with Gasteiger partial charge in [0, 0.05) is 38.9 Å². The van der Waals surface area contributed by atoms with E-state index in [4.69, 9.17) is 4.74 Å². The minimum atomic E-state index is -0.424. The molecule has 6 heteroatoms. The second kappa shape index (κ2) is 8.91. The summed E-state index contributed by atoms with van der Waals surface area (Å²) in [5.41, 5.74) is 0.622. The molecule has 1 amide bonds. The predicted molar refractivity (Wildman–Crippen MR) is 92.6 cm³/mol. The molecular formula is C17H32N4O2. The molecule has 6 nitrogen and oxygen atoms in total. The number of carbonyl (C=O) groups excluding carboxylic acids is 1. The van der Waals surface area contributed by atoms with Crippen molar-refractivity contribution in [2.24, 2.45) is 0 Å². The lowest BCUT2D eigenvalue weighted by Crippen LogP contribution is -2.50. The smallest absolute Gasteiger partial charge is 0.410 e. The third-order valence-electron chi connectivity index (χ3n) is 3.44. The Labute approximate surface area is 140 Å². The van der Waals surface area contributed by atoms with E-state index in [0.717, 1.165) is 45.0 Å². The van der Waals surface area contributed by atoms with Crippen molar-refractivity contribution in [3.8, 4) is 0 Å². The Kier molecular flexibility index (Phi) is 7.55. The second-order valence-electron chi connectivity index (χ2n) is 6.53. The van der Waals surface area contributed by atoms with Crippen LogP contribution in [-0.4, -0.2) is 64.0 Å². The zero-order valence-electron chi connectivity index (χ0n) is 15.5. The molecule has 0 unspecified atom stereocenters. The molecule has 0 spiro atoms. The van der Waals surface area contributed by atoms with E-state index in [9.17, 15) is 4.79 Å². The third-order valence-corrected chi connectivity index (χ3v) is 3.44. The van der Waals surface area contributed by atoms with Gasteiger partial charge in [0.2, 0.25) is 0 Å². The lowest BCUT2D eigenvalue weighted by Gasteiger charge is -2.35. The minimum Gasteiger partial charge on any atom is -0.444 e. The van der Waals surface area contributed by atoms with Crippen molar-refractivity contribution in [1.82, 2.24) is 19.6 Å². The fourth-order valence-corrected chi connectivity index (χ4v) is 2.31. The van der Waals surface area contributed by atoms with Gasteiger partial charge in [0.25, 0.3) is 0 Å². The van der Waals surface area contributed by atoms with Crippen LogP contribution in [0.2, 0.25) is 0 Å². The monoisotopic (exact) mass is 324 g/mol. The first-order chi connectivity index (χ1) is 10.8. The first-order valence-corrected chi connectivity index (χ1v) is 8.54.